The molecule has 1 saturated heterocycles. The smallest absolute Gasteiger partial charge is 0.433 e. The van der Waals surface area contributed by atoms with E-state index in [0.29, 0.717) is 35.9 Å². The van der Waals surface area contributed by atoms with Gasteiger partial charge in [-0.05, 0) is 57.6 Å². The van der Waals surface area contributed by atoms with Gasteiger partial charge in [-0.15, -0.1) is 0 Å². The van der Waals surface area contributed by atoms with Gasteiger partial charge in [0, 0.05) is 26.2 Å². The Hall–Kier alpha value is -3.28. The van der Waals surface area contributed by atoms with Gasteiger partial charge in [0.15, 0.2) is 5.69 Å². The van der Waals surface area contributed by atoms with Crippen molar-refractivity contribution >= 4 is 11.6 Å². The van der Waals surface area contributed by atoms with Crippen LogP contribution in [0.15, 0.2) is 23.9 Å². The van der Waals surface area contributed by atoms with E-state index in [1.54, 1.807) is 18.0 Å². The van der Waals surface area contributed by atoms with Gasteiger partial charge >= 0.3 is 6.18 Å². The van der Waals surface area contributed by atoms with Crippen LogP contribution in [-0.4, -0.2) is 52.8 Å². The van der Waals surface area contributed by atoms with Crippen LogP contribution in [0.2, 0.25) is 0 Å². The van der Waals surface area contributed by atoms with Crippen molar-refractivity contribution in [3.63, 3.8) is 0 Å². The van der Waals surface area contributed by atoms with Crippen LogP contribution in [0.4, 0.5) is 19.1 Å². The highest BCUT2D eigenvalue weighted by molar-refractivity contribution is 5.63. The lowest BCUT2D eigenvalue weighted by Crippen LogP contribution is -2.31. The SMILES string of the molecule is Cc1nc(/C(N)=C(\COc2cc(C(F)(F)F)nc(N3CCCC3)n2)N(C)N)ccc1OC1CCCCC1. The Kier molecular flexibility index (Phi) is 8.25. The summed E-state index contributed by atoms with van der Waals surface area (Å²) in [5.41, 5.74) is 7.04. The molecule has 2 fully saturated rings. The lowest BCUT2D eigenvalue weighted by Gasteiger charge is -2.24. The van der Waals surface area contributed by atoms with E-state index in [9.17, 15) is 13.2 Å². The van der Waals surface area contributed by atoms with Crippen molar-refractivity contribution in [3.8, 4) is 11.6 Å². The molecule has 1 aliphatic heterocycles. The maximum absolute atomic E-state index is 13.5. The predicted molar refractivity (Wildman–Crippen MR) is 134 cm³/mol. The number of nitrogens with two attached hydrogens (primary N) is 2. The largest absolute Gasteiger partial charge is 0.489 e. The lowest BCUT2D eigenvalue weighted by molar-refractivity contribution is -0.141. The molecule has 1 saturated carbocycles. The first-order valence-electron chi connectivity index (χ1n) is 12.6. The van der Waals surface area contributed by atoms with Crippen LogP contribution in [0, 0.1) is 6.92 Å². The molecule has 2 aliphatic rings. The Bertz CT molecular complexity index is 1110. The van der Waals surface area contributed by atoms with Crippen LogP contribution >= 0.6 is 0 Å². The molecule has 0 bridgehead atoms. The molecular weight excluding hydrogens is 487 g/mol. The number of anilines is 1. The van der Waals surface area contributed by atoms with Crippen LogP contribution in [0.5, 0.6) is 11.6 Å². The number of ether oxygens (including phenoxy) is 2. The summed E-state index contributed by atoms with van der Waals surface area (Å²) in [6.45, 7) is 2.82. The van der Waals surface area contributed by atoms with Crippen molar-refractivity contribution in [1.29, 1.82) is 0 Å². The molecule has 12 heteroatoms. The average molecular weight is 522 g/mol. The molecule has 9 nitrogen and oxygen atoms in total. The summed E-state index contributed by atoms with van der Waals surface area (Å²) < 4.78 is 52.3. The van der Waals surface area contributed by atoms with Crippen molar-refractivity contribution in [1.82, 2.24) is 20.0 Å². The molecule has 0 unspecified atom stereocenters. The molecule has 2 aromatic rings. The summed E-state index contributed by atoms with van der Waals surface area (Å²) in [5.74, 6) is 6.49. The summed E-state index contributed by atoms with van der Waals surface area (Å²) in [4.78, 5) is 14.2. The quantitative estimate of drug-likeness (QED) is 0.392. The third-order valence-electron chi connectivity index (χ3n) is 6.62. The van der Waals surface area contributed by atoms with Crippen molar-refractivity contribution in [2.45, 2.75) is 64.1 Å². The molecule has 0 amide bonds. The van der Waals surface area contributed by atoms with Crippen molar-refractivity contribution < 1.29 is 22.6 Å². The minimum atomic E-state index is -4.64. The first-order chi connectivity index (χ1) is 17.6. The highest BCUT2D eigenvalue weighted by Gasteiger charge is 2.35. The van der Waals surface area contributed by atoms with Gasteiger partial charge in [0.2, 0.25) is 11.8 Å². The number of likely N-dealkylation sites (N-methyl/N-ethyl adjacent to an activating group) is 1. The highest BCUT2D eigenvalue weighted by Crippen LogP contribution is 2.32. The molecule has 4 N–H and O–H groups in total. The topological polar surface area (TPSA) is 116 Å². The fourth-order valence-corrected chi connectivity index (χ4v) is 4.54. The van der Waals surface area contributed by atoms with Crippen molar-refractivity contribution in [3.05, 3.63) is 41.0 Å². The van der Waals surface area contributed by atoms with Crippen molar-refractivity contribution in [2.24, 2.45) is 11.6 Å². The summed E-state index contributed by atoms with van der Waals surface area (Å²) in [7, 11) is 1.57. The molecule has 0 spiro atoms. The predicted octanol–water partition coefficient (Wildman–Crippen LogP) is 4.02. The van der Waals surface area contributed by atoms with E-state index in [0.717, 1.165) is 44.6 Å². The van der Waals surface area contributed by atoms with Crippen LogP contribution < -0.4 is 25.9 Å². The van der Waals surface area contributed by atoms with Gasteiger partial charge in [-0.3, -0.25) is 0 Å². The number of aryl methyl sites for hydroxylation is 1. The van der Waals surface area contributed by atoms with E-state index in [4.69, 9.17) is 21.1 Å². The number of aromatic nitrogens is 3. The zero-order valence-corrected chi connectivity index (χ0v) is 21.2. The zero-order chi connectivity index (χ0) is 26.6. The van der Waals surface area contributed by atoms with Gasteiger partial charge in [-0.2, -0.15) is 18.2 Å². The molecule has 37 heavy (non-hydrogen) atoms. The highest BCUT2D eigenvalue weighted by atomic mass is 19.4. The number of hydrogen-bond donors (Lipinski definition) is 2. The van der Waals surface area contributed by atoms with E-state index in [1.807, 2.05) is 13.0 Å². The molecule has 3 heterocycles. The van der Waals surface area contributed by atoms with E-state index < -0.39 is 11.9 Å². The first kappa shape index (κ1) is 26.8. The summed E-state index contributed by atoms with van der Waals surface area (Å²) >= 11 is 0. The van der Waals surface area contributed by atoms with Crippen LogP contribution in [0.3, 0.4) is 0 Å². The molecule has 1 aliphatic carbocycles. The molecule has 2 aromatic heterocycles. The van der Waals surface area contributed by atoms with Crippen LogP contribution in [0.25, 0.3) is 5.70 Å². The average Bonchev–Trinajstić information content (AvgIpc) is 3.40. The number of hydrazine groups is 1. The Morgan fingerprint density at radius 3 is 2.41 bits per heavy atom. The minimum absolute atomic E-state index is 0.00669. The second-order valence-corrected chi connectivity index (χ2v) is 9.50. The molecule has 0 atom stereocenters. The molecule has 0 radical (unpaired) electrons. The number of pyridine rings is 1. The fourth-order valence-electron chi connectivity index (χ4n) is 4.54. The molecule has 202 valence electrons. The Balaban J connectivity index is 1.54. The normalized spacial score (nSPS) is 17.5. The maximum atomic E-state index is 13.5. The lowest BCUT2D eigenvalue weighted by atomic mass is 9.98. The monoisotopic (exact) mass is 521 g/mol. The second-order valence-electron chi connectivity index (χ2n) is 9.50. The van der Waals surface area contributed by atoms with Gasteiger partial charge in [0.05, 0.1) is 28.9 Å². The maximum Gasteiger partial charge on any atom is 0.433 e. The third kappa shape index (κ3) is 6.73. The Morgan fingerprint density at radius 2 is 1.78 bits per heavy atom. The van der Waals surface area contributed by atoms with Gasteiger partial charge < -0.3 is 25.1 Å². The number of hydrogen-bond acceptors (Lipinski definition) is 9. The van der Waals surface area contributed by atoms with E-state index in [1.165, 1.54) is 11.4 Å². The van der Waals surface area contributed by atoms with Gasteiger partial charge in [0.25, 0.3) is 0 Å². The molecule has 4 rings (SSSR count). The van der Waals surface area contributed by atoms with Crippen LogP contribution in [-0.2, 0) is 6.18 Å². The Morgan fingerprint density at radius 1 is 1.08 bits per heavy atom. The third-order valence-corrected chi connectivity index (χ3v) is 6.62. The van der Waals surface area contributed by atoms with Crippen LogP contribution in [0.1, 0.15) is 62.0 Å². The summed E-state index contributed by atoms with van der Waals surface area (Å²) in [6.07, 6.45) is 2.90. The zero-order valence-electron chi connectivity index (χ0n) is 21.2. The summed E-state index contributed by atoms with van der Waals surface area (Å²) in [6, 6.07) is 4.35. The van der Waals surface area contributed by atoms with Gasteiger partial charge in [-0.1, -0.05) is 6.42 Å². The number of halogens is 3. The molecular formula is C25H34F3N7O2. The molecule has 0 aromatic carbocycles. The van der Waals surface area contributed by atoms with E-state index in [-0.39, 0.29) is 30.2 Å². The minimum Gasteiger partial charge on any atom is -0.489 e. The Labute approximate surface area is 214 Å². The standard InChI is InChI=1S/C25H34F3N7O2/c1-16-20(37-17-8-4-3-5-9-17)11-10-18(31-16)23(29)19(34(2)30)15-36-22-14-21(25(26,27)28)32-24(33-22)35-12-6-7-13-35/h10-11,14,17H,3-9,12-13,15,29-30H2,1-2H3/b23-19-. The summed E-state index contributed by atoms with van der Waals surface area (Å²) in [5, 5.41) is 1.26. The van der Waals surface area contributed by atoms with E-state index in [2.05, 4.69) is 15.0 Å². The fraction of sp³-hybridized carbons (Fsp3) is 0.560. The number of nitrogens with zero attached hydrogens (tertiary/aromatic N) is 5. The van der Waals surface area contributed by atoms with Gasteiger partial charge in [0.1, 0.15) is 12.4 Å². The second kappa shape index (κ2) is 11.4. The number of rotatable bonds is 8. The first-order valence-corrected chi connectivity index (χ1v) is 12.6. The number of alkyl halides is 3. The van der Waals surface area contributed by atoms with Crippen molar-refractivity contribution in [2.75, 3.05) is 31.6 Å². The van der Waals surface area contributed by atoms with E-state index >= 15 is 0 Å². The van der Waals surface area contributed by atoms with Gasteiger partial charge in [-0.25, -0.2) is 15.8 Å².